The summed E-state index contributed by atoms with van der Waals surface area (Å²) in [5, 5.41) is 0. The Hall–Kier alpha value is -1.50. The zero-order chi connectivity index (χ0) is 18.0. The van der Waals surface area contributed by atoms with Crippen LogP contribution < -0.4 is 0 Å². The molecule has 0 aromatic carbocycles. The van der Waals surface area contributed by atoms with Crippen LogP contribution in [0.15, 0.2) is 76.0 Å². The second-order valence-electron chi connectivity index (χ2n) is 5.59. The normalized spacial score (nSPS) is 10.8. The highest BCUT2D eigenvalue weighted by molar-refractivity contribution is 8.00. The molecule has 0 aliphatic heterocycles. The number of thioether (sulfide) groups is 3. The van der Waals surface area contributed by atoms with Crippen LogP contribution in [0, 0.1) is 6.92 Å². The van der Waals surface area contributed by atoms with Gasteiger partial charge in [-0.05, 0) is 60.7 Å². The van der Waals surface area contributed by atoms with Crippen LogP contribution in [-0.2, 0) is 5.75 Å². The molecular formula is C20H21N3S3. The summed E-state index contributed by atoms with van der Waals surface area (Å²) >= 11 is 5.63. The lowest BCUT2D eigenvalue weighted by atomic mass is 10.2. The van der Waals surface area contributed by atoms with Crippen LogP contribution in [0.5, 0.6) is 0 Å². The van der Waals surface area contributed by atoms with E-state index in [0.717, 1.165) is 17.3 Å². The first-order valence-electron chi connectivity index (χ1n) is 8.46. The number of rotatable bonds is 9. The molecule has 6 heteroatoms. The summed E-state index contributed by atoms with van der Waals surface area (Å²) in [4.78, 5) is 16.6. The first-order chi connectivity index (χ1) is 12.8. The standard InChI is InChI=1S/C20H21N3S3/c1-16-19(15-26-18-5-10-22-11-6-18)23-12-7-20(16)25-14-2-13-24-17-3-8-21-9-4-17/h3-12H,2,13-15H2,1H3. The van der Waals surface area contributed by atoms with Gasteiger partial charge in [0.25, 0.3) is 0 Å². The first kappa shape index (κ1) is 19.3. The van der Waals surface area contributed by atoms with Gasteiger partial charge in [0.05, 0.1) is 5.69 Å². The molecule has 26 heavy (non-hydrogen) atoms. The molecule has 0 aliphatic rings. The maximum absolute atomic E-state index is 4.58. The largest absolute Gasteiger partial charge is 0.265 e. The van der Waals surface area contributed by atoms with Gasteiger partial charge in [0, 0.05) is 51.4 Å². The minimum Gasteiger partial charge on any atom is -0.265 e. The second kappa shape index (κ2) is 10.6. The summed E-state index contributed by atoms with van der Waals surface area (Å²) in [7, 11) is 0. The van der Waals surface area contributed by atoms with E-state index >= 15 is 0 Å². The van der Waals surface area contributed by atoms with E-state index < -0.39 is 0 Å². The molecule has 0 unspecified atom stereocenters. The third kappa shape index (κ3) is 6.04. The summed E-state index contributed by atoms with van der Waals surface area (Å²) in [6.07, 6.45) is 10.5. The Labute approximate surface area is 167 Å². The van der Waals surface area contributed by atoms with E-state index in [1.165, 1.54) is 32.4 Å². The van der Waals surface area contributed by atoms with Gasteiger partial charge >= 0.3 is 0 Å². The zero-order valence-electron chi connectivity index (χ0n) is 14.7. The van der Waals surface area contributed by atoms with Gasteiger partial charge in [-0.25, -0.2) is 0 Å². The van der Waals surface area contributed by atoms with Gasteiger partial charge in [-0.1, -0.05) is 0 Å². The van der Waals surface area contributed by atoms with Gasteiger partial charge < -0.3 is 0 Å². The number of nitrogens with zero attached hydrogens (tertiary/aromatic N) is 3. The quantitative estimate of drug-likeness (QED) is 0.337. The Morgan fingerprint density at radius 3 is 2.04 bits per heavy atom. The van der Waals surface area contributed by atoms with Crippen molar-refractivity contribution in [2.75, 3.05) is 11.5 Å². The average Bonchev–Trinajstić information content (AvgIpc) is 2.69. The Kier molecular flexibility index (Phi) is 7.86. The molecule has 3 aromatic rings. The second-order valence-corrected chi connectivity index (χ2v) is 8.94. The van der Waals surface area contributed by atoms with Crippen molar-refractivity contribution in [2.45, 2.75) is 33.8 Å². The van der Waals surface area contributed by atoms with Crippen molar-refractivity contribution in [3.8, 4) is 0 Å². The fraction of sp³-hybridized carbons (Fsp3) is 0.250. The van der Waals surface area contributed by atoms with Gasteiger partial charge in [0.15, 0.2) is 0 Å². The van der Waals surface area contributed by atoms with Crippen LogP contribution in [0.4, 0.5) is 0 Å². The Bertz CT molecular complexity index is 798. The predicted molar refractivity (Wildman–Crippen MR) is 113 cm³/mol. The number of pyridine rings is 3. The van der Waals surface area contributed by atoms with Crippen LogP contribution >= 0.6 is 35.3 Å². The van der Waals surface area contributed by atoms with Crippen LogP contribution in [-0.4, -0.2) is 26.5 Å². The number of aromatic nitrogens is 3. The van der Waals surface area contributed by atoms with Gasteiger partial charge in [-0.2, -0.15) is 0 Å². The van der Waals surface area contributed by atoms with Crippen molar-refractivity contribution in [3.63, 3.8) is 0 Å². The van der Waals surface area contributed by atoms with Crippen LogP contribution in [0.3, 0.4) is 0 Å². The van der Waals surface area contributed by atoms with E-state index in [2.05, 4.69) is 40.1 Å². The molecule has 3 rings (SSSR count). The van der Waals surface area contributed by atoms with Crippen LogP contribution in [0.1, 0.15) is 17.7 Å². The van der Waals surface area contributed by atoms with E-state index in [1.807, 2.05) is 66.6 Å². The lowest BCUT2D eigenvalue weighted by Gasteiger charge is -2.10. The Balaban J connectivity index is 1.46. The van der Waals surface area contributed by atoms with Crippen molar-refractivity contribution in [1.29, 1.82) is 0 Å². The molecule has 0 saturated carbocycles. The third-order valence-electron chi connectivity index (χ3n) is 3.75. The van der Waals surface area contributed by atoms with Crippen LogP contribution in [0.2, 0.25) is 0 Å². The molecule has 0 aliphatic carbocycles. The van der Waals surface area contributed by atoms with E-state index in [1.54, 1.807) is 11.8 Å². The molecule has 0 N–H and O–H groups in total. The summed E-state index contributed by atoms with van der Waals surface area (Å²) in [5.41, 5.74) is 2.48. The highest BCUT2D eigenvalue weighted by Gasteiger charge is 2.07. The minimum atomic E-state index is 0.891. The molecule has 3 nitrogen and oxygen atoms in total. The monoisotopic (exact) mass is 399 g/mol. The molecule has 0 bridgehead atoms. The molecule has 0 amide bonds. The minimum absolute atomic E-state index is 0.891. The fourth-order valence-corrected chi connectivity index (χ4v) is 5.24. The summed E-state index contributed by atoms with van der Waals surface area (Å²) in [6.45, 7) is 2.18. The smallest absolute Gasteiger partial charge is 0.0546 e. The molecule has 3 aromatic heterocycles. The van der Waals surface area contributed by atoms with Crippen molar-refractivity contribution in [1.82, 2.24) is 15.0 Å². The summed E-state index contributed by atoms with van der Waals surface area (Å²) < 4.78 is 0. The zero-order valence-corrected chi connectivity index (χ0v) is 17.1. The molecular weight excluding hydrogens is 378 g/mol. The molecule has 0 spiro atoms. The number of hydrogen-bond donors (Lipinski definition) is 0. The topological polar surface area (TPSA) is 38.7 Å². The van der Waals surface area contributed by atoms with E-state index in [4.69, 9.17) is 0 Å². The van der Waals surface area contributed by atoms with Gasteiger partial charge in [-0.15, -0.1) is 35.3 Å². The maximum Gasteiger partial charge on any atom is 0.0546 e. The van der Waals surface area contributed by atoms with Crippen LogP contribution in [0.25, 0.3) is 0 Å². The molecule has 134 valence electrons. The van der Waals surface area contributed by atoms with Crippen molar-refractivity contribution in [2.24, 2.45) is 0 Å². The predicted octanol–water partition coefficient (Wildman–Crippen LogP) is 5.75. The summed E-state index contributed by atoms with van der Waals surface area (Å²) in [6, 6.07) is 10.4. The Morgan fingerprint density at radius 1 is 0.731 bits per heavy atom. The molecule has 3 heterocycles. The van der Waals surface area contributed by atoms with Crippen molar-refractivity contribution in [3.05, 3.63) is 72.6 Å². The maximum atomic E-state index is 4.58. The highest BCUT2D eigenvalue weighted by Crippen LogP contribution is 2.29. The van der Waals surface area contributed by atoms with E-state index in [0.29, 0.717) is 0 Å². The number of hydrogen-bond acceptors (Lipinski definition) is 6. The fourth-order valence-electron chi connectivity index (χ4n) is 2.31. The summed E-state index contributed by atoms with van der Waals surface area (Å²) in [5.74, 6) is 3.15. The highest BCUT2D eigenvalue weighted by atomic mass is 32.2. The molecule has 0 atom stereocenters. The Morgan fingerprint density at radius 2 is 1.35 bits per heavy atom. The first-order valence-corrected chi connectivity index (χ1v) is 11.4. The van der Waals surface area contributed by atoms with E-state index in [9.17, 15) is 0 Å². The van der Waals surface area contributed by atoms with E-state index in [-0.39, 0.29) is 0 Å². The molecule has 0 saturated heterocycles. The lowest BCUT2D eigenvalue weighted by molar-refractivity contribution is 1.07. The van der Waals surface area contributed by atoms with Crippen molar-refractivity contribution >= 4 is 35.3 Å². The third-order valence-corrected chi connectivity index (χ3v) is 7.12. The van der Waals surface area contributed by atoms with Gasteiger partial charge in [-0.3, -0.25) is 15.0 Å². The SMILES string of the molecule is Cc1c(SCCCSc2ccncc2)ccnc1CSc1ccncc1. The van der Waals surface area contributed by atoms with Crippen molar-refractivity contribution < 1.29 is 0 Å². The molecule has 0 fully saturated rings. The molecule has 0 radical (unpaired) electrons. The average molecular weight is 400 g/mol. The van der Waals surface area contributed by atoms with Gasteiger partial charge in [0.2, 0.25) is 0 Å². The lowest BCUT2D eigenvalue weighted by Crippen LogP contribution is -1.95. The van der Waals surface area contributed by atoms with Gasteiger partial charge in [0.1, 0.15) is 0 Å².